The van der Waals surface area contributed by atoms with E-state index < -0.39 is 0 Å². The van der Waals surface area contributed by atoms with Gasteiger partial charge in [0.05, 0.1) is 10.0 Å². The van der Waals surface area contributed by atoms with Gasteiger partial charge in [-0.2, -0.15) is 4.37 Å². The van der Waals surface area contributed by atoms with Gasteiger partial charge in [0.1, 0.15) is 16.5 Å². The van der Waals surface area contributed by atoms with Crippen LogP contribution in [0.15, 0.2) is 36.4 Å². The van der Waals surface area contributed by atoms with E-state index in [9.17, 15) is 0 Å². The molecule has 1 aromatic heterocycles. The topological polar surface area (TPSA) is 47.0 Å². The predicted molar refractivity (Wildman–Crippen MR) is 99.4 cm³/mol. The largest absolute Gasteiger partial charge is 0.457 e. The number of aromatic nitrogens is 2. The lowest BCUT2D eigenvalue weighted by Crippen LogP contribution is -2.06. The van der Waals surface area contributed by atoms with E-state index in [-0.39, 0.29) is 0 Å². The maximum absolute atomic E-state index is 6.05. The first-order valence-electron chi connectivity index (χ1n) is 7.28. The number of halogens is 2. The van der Waals surface area contributed by atoms with Crippen molar-refractivity contribution in [3.63, 3.8) is 0 Å². The zero-order valence-electron chi connectivity index (χ0n) is 13.1. The molecule has 0 amide bonds. The average molecular weight is 380 g/mol. The van der Waals surface area contributed by atoms with Gasteiger partial charge in [0.2, 0.25) is 0 Å². The van der Waals surface area contributed by atoms with Gasteiger partial charge in [-0.15, -0.1) is 0 Å². The molecule has 0 aliphatic rings. The Kier molecular flexibility index (Phi) is 5.36. The summed E-state index contributed by atoms with van der Waals surface area (Å²) in [5.41, 5.74) is 1.97. The van der Waals surface area contributed by atoms with Crippen molar-refractivity contribution < 1.29 is 4.74 Å². The molecule has 3 aromatic rings. The molecule has 7 heteroatoms. The lowest BCUT2D eigenvalue weighted by atomic mass is 10.1. The predicted octanol–water partition coefficient (Wildman–Crippen LogP) is 5.33. The molecule has 1 heterocycles. The number of benzene rings is 2. The quantitative estimate of drug-likeness (QED) is 0.650. The van der Waals surface area contributed by atoms with E-state index in [1.807, 2.05) is 32.2 Å². The molecule has 0 bridgehead atoms. The van der Waals surface area contributed by atoms with Crippen molar-refractivity contribution in [2.24, 2.45) is 0 Å². The molecule has 3 rings (SSSR count). The Morgan fingerprint density at radius 1 is 1.12 bits per heavy atom. The molecule has 0 aliphatic heterocycles. The van der Waals surface area contributed by atoms with Crippen LogP contribution in [0.25, 0.3) is 11.4 Å². The molecule has 0 saturated heterocycles. The van der Waals surface area contributed by atoms with Crippen molar-refractivity contribution in [3.05, 3.63) is 57.0 Å². The van der Waals surface area contributed by atoms with Crippen molar-refractivity contribution in [1.82, 2.24) is 14.7 Å². The summed E-state index contributed by atoms with van der Waals surface area (Å²) in [6, 6.07) is 11.1. The maximum Gasteiger partial charge on any atom is 0.173 e. The molecule has 2 aromatic carbocycles. The number of ether oxygens (including phenoxy) is 1. The van der Waals surface area contributed by atoms with Crippen LogP contribution in [0.4, 0.5) is 0 Å². The summed E-state index contributed by atoms with van der Waals surface area (Å²) in [6.45, 7) is 2.60. The van der Waals surface area contributed by atoms with E-state index in [2.05, 4.69) is 14.7 Å². The molecule has 0 atom stereocenters. The Labute approximate surface area is 154 Å². The Hall–Kier alpha value is -1.66. The number of nitrogens with zero attached hydrogens (tertiary/aromatic N) is 2. The zero-order valence-corrected chi connectivity index (χ0v) is 15.5. The summed E-state index contributed by atoms with van der Waals surface area (Å²) in [4.78, 5) is 4.43. The van der Waals surface area contributed by atoms with Crippen molar-refractivity contribution in [3.8, 4) is 22.9 Å². The molecule has 0 unspecified atom stereocenters. The van der Waals surface area contributed by atoms with Crippen LogP contribution in [0.2, 0.25) is 10.0 Å². The smallest absolute Gasteiger partial charge is 0.173 e. The number of aryl methyl sites for hydroxylation is 1. The first-order valence-corrected chi connectivity index (χ1v) is 8.81. The van der Waals surface area contributed by atoms with Gasteiger partial charge < -0.3 is 10.1 Å². The first-order chi connectivity index (χ1) is 11.6. The highest BCUT2D eigenvalue weighted by Crippen LogP contribution is 2.32. The van der Waals surface area contributed by atoms with E-state index >= 15 is 0 Å². The number of hydrogen-bond donors (Lipinski definition) is 1. The van der Waals surface area contributed by atoms with Crippen LogP contribution >= 0.6 is 34.7 Å². The van der Waals surface area contributed by atoms with Gasteiger partial charge >= 0.3 is 0 Å². The summed E-state index contributed by atoms with van der Waals surface area (Å²) < 4.78 is 10.3. The van der Waals surface area contributed by atoms with Gasteiger partial charge in [0, 0.05) is 23.7 Å². The molecule has 1 N–H and O–H groups in total. The number of hydrogen-bond acceptors (Lipinski definition) is 5. The second-order valence-corrected chi connectivity index (χ2v) is 6.94. The lowest BCUT2D eigenvalue weighted by molar-refractivity contribution is 0.474. The van der Waals surface area contributed by atoms with Crippen LogP contribution in [-0.2, 0) is 6.54 Å². The minimum absolute atomic E-state index is 0.461. The zero-order chi connectivity index (χ0) is 17.1. The van der Waals surface area contributed by atoms with Crippen molar-refractivity contribution in [1.29, 1.82) is 0 Å². The summed E-state index contributed by atoms with van der Waals surface area (Å²) in [5, 5.41) is 5.05. The first kappa shape index (κ1) is 17.2. The Balaban J connectivity index is 1.93. The van der Waals surface area contributed by atoms with E-state index in [1.54, 1.807) is 18.2 Å². The molecular formula is C17H15Cl2N3OS. The van der Waals surface area contributed by atoms with Crippen LogP contribution in [-0.4, -0.2) is 16.4 Å². The molecule has 0 aliphatic carbocycles. The summed E-state index contributed by atoms with van der Waals surface area (Å²) in [7, 11) is 1.89. The highest BCUT2D eigenvalue weighted by molar-refractivity contribution is 7.05. The molecule has 0 radical (unpaired) electrons. The van der Waals surface area contributed by atoms with E-state index in [1.165, 1.54) is 11.5 Å². The van der Waals surface area contributed by atoms with Crippen LogP contribution in [0.3, 0.4) is 0 Å². The van der Waals surface area contributed by atoms with Crippen molar-refractivity contribution in [2.75, 3.05) is 7.05 Å². The third-order valence-corrected chi connectivity index (χ3v) is 4.69. The molecule has 0 spiro atoms. The normalized spacial score (nSPS) is 10.8. The third-order valence-electron chi connectivity index (χ3n) is 3.33. The monoisotopic (exact) mass is 379 g/mol. The van der Waals surface area contributed by atoms with Gasteiger partial charge in [-0.3, -0.25) is 0 Å². The Morgan fingerprint density at radius 3 is 2.62 bits per heavy atom. The van der Waals surface area contributed by atoms with E-state index in [0.29, 0.717) is 22.3 Å². The molecule has 24 heavy (non-hydrogen) atoms. The summed E-state index contributed by atoms with van der Waals surface area (Å²) in [6.07, 6.45) is 0. The molecule has 124 valence electrons. The second-order valence-electron chi connectivity index (χ2n) is 5.17. The van der Waals surface area contributed by atoms with E-state index in [4.69, 9.17) is 27.9 Å². The number of rotatable bonds is 5. The molecule has 0 fully saturated rings. The van der Waals surface area contributed by atoms with Crippen LogP contribution < -0.4 is 10.1 Å². The van der Waals surface area contributed by atoms with E-state index in [0.717, 1.165) is 27.7 Å². The van der Waals surface area contributed by atoms with Crippen LogP contribution in [0.1, 0.15) is 10.6 Å². The second kappa shape index (κ2) is 7.49. The van der Waals surface area contributed by atoms with Gasteiger partial charge in [-0.1, -0.05) is 23.2 Å². The molecule has 0 saturated carbocycles. The minimum atomic E-state index is 0.461. The highest BCUT2D eigenvalue weighted by atomic mass is 35.5. The van der Waals surface area contributed by atoms with Gasteiger partial charge in [-0.25, -0.2) is 4.98 Å². The minimum Gasteiger partial charge on any atom is -0.457 e. The fraction of sp³-hybridized carbons (Fsp3) is 0.176. The fourth-order valence-electron chi connectivity index (χ4n) is 2.23. The Bertz CT molecular complexity index is 867. The van der Waals surface area contributed by atoms with Crippen molar-refractivity contribution >= 4 is 34.7 Å². The highest BCUT2D eigenvalue weighted by Gasteiger charge is 2.11. The standard InChI is InChI=1S/C17H15Cl2N3OS/c1-10-21-17(22-24-10)11-3-6-16(12(7-11)9-20-2)23-13-4-5-14(18)15(19)8-13/h3-8,20H,9H2,1-2H3. The summed E-state index contributed by atoms with van der Waals surface area (Å²) in [5.74, 6) is 2.12. The van der Waals surface area contributed by atoms with Gasteiger partial charge in [0.15, 0.2) is 5.82 Å². The molecule has 4 nitrogen and oxygen atoms in total. The average Bonchev–Trinajstić information content (AvgIpc) is 2.99. The van der Waals surface area contributed by atoms with Crippen LogP contribution in [0.5, 0.6) is 11.5 Å². The number of nitrogens with one attached hydrogen (secondary N) is 1. The maximum atomic E-state index is 6.05. The van der Waals surface area contributed by atoms with Crippen molar-refractivity contribution in [2.45, 2.75) is 13.5 Å². The Morgan fingerprint density at radius 2 is 1.96 bits per heavy atom. The molecular weight excluding hydrogens is 365 g/mol. The summed E-state index contributed by atoms with van der Waals surface area (Å²) >= 11 is 13.4. The van der Waals surface area contributed by atoms with Crippen LogP contribution in [0, 0.1) is 6.92 Å². The lowest BCUT2D eigenvalue weighted by Gasteiger charge is -2.12. The SMILES string of the molecule is CNCc1cc(-c2nsc(C)n2)ccc1Oc1ccc(Cl)c(Cl)c1. The third kappa shape index (κ3) is 3.87. The van der Waals surface area contributed by atoms with Gasteiger partial charge in [0.25, 0.3) is 0 Å². The van der Waals surface area contributed by atoms with Gasteiger partial charge in [-0.05, 0) is 55.8 Å². The fourth-order valence-corrected chi connectivity index (χ4v) is 3.01.